The minimum absolute atomic E-state index is 0.00971. The normalized spacial score (nSPS) is 20.5. The Balaban J connectivity index is 1.86. The van der Waals surface area contributed by atoms with Gasteiger partial charge in [0.1, 0.15) is 11.2 Å². The molecule has 3 rings (SSSR count). The Bertz CT molecular complexity index is 1190. The van der Waals surface area contributed by atoms with Gasteiger partial charge < -0.3 is 10.0 Å². The minimum atomic E-state index is -4.48. The number of hydrogen-bond donors (Lipinski definition) is 1. The van der Waals surface area contributed by atoms with Crippen LogP contribution >= 0.6 is 0 Å². The molecule has 0 aliphatic carbocycles. The Morgan fingerprint density at radius 3 is 2.34 bits per heavy atom. The summed E-state index contributed by atoms with van der Waals surface area (Å²) in [5, 5.41) is 8.07. The lowest BCUT2D eigenvalue weighted by molar-refractivity contribution is -0.138. The molecule has 1 aromatic heterocycles. The number of aliphatic carboxylic acids is 1. The van der Waals surface area contributed by atoms with Gasteiger partial charge in [-0.25, -0.2) is 13.4 Å². The third-order valence-electron chi connectivity index (χ3n) is 6.19. The monoisotopic (exact) mass is 511 g/mol. The Hall–Kier alpha value is -2.92. The number of benzene rings is 1. The summed E-state index contributed by atoms with van der Waals surface area (Å²) < 4.78 is 65.8. The van der Waals surface area contributed by atoms with Gasteiger partial charge in [0.25, 0.3) is 0 Å². The van der Waals surface area contributed by atoms with Gasteiger partial charge in [-0.3, -0.25) is 9.69 Å². The third-order valence-corrected chi connectivity index (χ3v) is 8.17. The fraction of sp³-hybridized carbons (Fsp3) is 0.417. The SMILES string of the molecule is C=CC(N1C(C)CN(c2ccc(C(F)(F)F)cn2)CC1C)S(=O)(=O)c1ccc(C)c(CC(=O)O)c1. The summed E-state index contributed by atoms with van der Waals surface area (Å²) in [4.78, 5) is 18.8. The number of rotatable bonds is 7. The van der Waals surface area contributed by atoms with Crippen LogP contribution in [0.5, 0.6) is 0 Å². The van der Waals surface area contributed by atoms with Gasteiger partial charge >= 0.3 is 12.1 Å². The molecule has 1 saturated heterocycles. The fourth-order valence-electron chi connectivity index (χ4n) is 4.49. The Morgan fingerprint density at radius 1 is 1.23 bits per heavy atom. The lowest BCUT2D eigenvalue weighted by atomic mass is 10.1. The topological polar surface area (TPSA) is 90.8 Å². The molecule has 7 nitrogen and oxygen atoms in total. The zero-order valence-corrected chi connectivity index (χ0v) is 20.5. The second kappa shape index (κ2) is 9.98. The number of nitrogens with zero attached hydrogens (tertiary/aromatic N) is 3. The lowest BCUT2D eigenvalue weighted by Gasteiger charge is -2.47. The van der Waals surface area contributed by atoms with E-state index in [1.165, 1.54) is 24.3 Å². The summed E-state index contributed by atoms with van der Waals surface area (Å²) in [6.45, 7) is 9.84. The zero-order chi connectivity index (χ0) is 26.1. The number of alkyl halides is 3. The van der Waals surface area contributed by atoms with Crippen molar-refractivity contribution < 1.29 is 31.5 Å². The molecule has 35 heavy (non-hydrogen) atoms. The van der Waals surface area contributed by atoms with Gasteiger partial charge in [0.05, 0.1) is 16.9 Å². The van der Waals surface area contributed by atoms with Crippen molar-refractivity contribution in [3.8, 4) is 0 Å². The van der Waals surface area contributed by atoms with Gasteiger partial charge in [-0.15, -0.1) is 6.58 Å². The molecular weight excluding hydrogens is 483 g/mol. The lowest BCUT2D eigenvalue weighted by Crippen LogP contribution is -2.61. The predicted molar refractivity (Wildman–Crippen MR) is 126 cm³/mol. The summed E-state index contributed by atoms with van der Waals surface area (Å²) in [5.74, 6) is -0.677. The molecule has 2 heterocycles. The number of hydrogen-bond acceptors (Lipinski definition) is 6. The van der Waals surface area contributed by atoms with Crippen molar-refractivity contribution >= 4 is 21.6 Å². The number of piperazine rings is 1. The first-order valence-corrected chi connectivity index (χ1v) is 12.5. The van der Waals surface area contributed by atoms with E-state index in [4.69, 9.17) is 5.11 Å². The number of carboxylic acid groups (broad SMARTS) is 1. The second-order valence-corrected chi connectivity index (χ2v) is 10.8. The number of pyridine rings is 1. The molecule has 0 saturated carbocycles. The van der Waals surface area contributed by atoms with E-state index >= 15 is 0 Å². The van der Waals surface area contributed by atoms with Gasteiger partial charge in [-0.2, -0.15) is 13.2 Å². The van der Waals surface area contributed by atoms with Gasteiger partial charge in [0.15, 0.2) is 9.84 Å². The highest BCUT2D eigenvalue weighted by Gasteiger charge is 2.40. The highest BCUT2D eigenvalue weighted by Crippen LogP contribution is 2.32. The van der Waals surface area contributed by atoms with Crippen molar-refractivity contribution in [3.05, 3.63) is 65.9 Å². The molecule has 0 spiro atoms. The first-order valence-electron chi connectivity index (χ1n) is 11.0. The van der Waals surface area contributed by atoms with Crippen molar-refractivity contribution in [1.29, 1.82) is 0 Å². The van der Waals surface area contributed by atoms with Crippen molar-refractivity contribution in [2.75, 3.05) is 18.0 Å². The molecule has 0 bridgehead atoms. The van der Waals surface area contributed by atoms with Crippen LogP contribution in [0.4, 0.5) is 19.0 Å². The maximum Gasteiger partial charge on any atom is 0.417 e. The van der Waals surface area contributed by atoms with Crippen LogP contribution in [0.25, 0.3) is 0 Å². The second-order valence-electron chi connectivity index (χ2n) is 8.78. The van der Waals surface area contributed by atoms with Crippen molar-refractivity contribution in [3.63, 3.8) is 0 Å². The number of aromatic nitrogens is 1. The summed E-state index contributed by atoms with van der Waals surface area (Å²) in [6.07, 6.45) is -2.62. The highest BCUT2D eigenvalue weighted by molar-refractivity contribution is 7.92. The van der Waals surface area contributed by atoms with E-state index < -0.39 is 32.9 Å². The van der Waals surface area contributed by atoms with Crippen molar-refractivity contribution in [2.45, 2.75) is 55.7 Å². The summed E-state index contributed by atoms with van der Waals surface area (Å²) >= 11 is 0. The molecule has 0 amide bonds. The van der Waals surface area contributed by atoms with Crippen molar-refractivity contribution in [2.24, 2.45) is 0 Å². The fourth-order valence-corrected chi connectivity index (χ4v) is 6.32. The van der Waals surface area contributed by atoms with Crippen molar-refractivity contribution in [1.82, 2.24) is 9.88 Å². The van der Waals surface area contributed by atoms with Gasteiger partial charge in [-0.1, -0.05) is 12.1 Å². The zero-order valence-electron chi connectivity index (χ0n) is 19.7. The number of aryl methyl sites for hydroxylation is 1. The van der Waals surface area contributed by atoms with E-state index in [0.717, 1.165) is 12.3 Å². The van der Waals surface area contributed by atoms with E-state index in [0.29, 0.717) is 30.0 Å². The Labute approximate surface area is 202 Å². The molecule has 0 radical (unpaired) electrons. The number of halogens is 3. The first kappa shape index (κ1) is 26.7. The maximum atomic E-state index is 13.6. The van der Waals surface area contributed by atoms with E-state index in [-0.39, 0.29) is 23.4 Å². The summed E-state index contributed by atoms with van der Waals surface area (Å²) in [6, 6.07) is 6.14. The number of carbonyl (C=O) groups is 1. The van der Waals surface area contributed by atoms with Crippen LogP contribution in [0.2, 0.25) is 0 Å². The van der Waals surface area contributed by atoms with E-state index in [1.54, 1.807) is 17.9 Å². The molecule has 1 fully saturated rings. The third kappa shape index (κ3) is 5.67. The minimum Gasteiger partial charge on any atom is -0.481 e. The molecule has 190 valence electrons. The van der Waals surface area contributed by atoms with E-state index in [1.807, 2.05) is 18.7 Å². The molecule has 3 unspecified atom stereocenters. The number of anilines is 1. The molecular formula is C24H28F3N3O4S. The van der Waals surface area contributed by atoms with Crippen LogP contribution in [-0.2, 0) is 27.2 Å². The predicted octanol–water partition coefficient (Wildman–Crippen LogP) is 3.92. The molecule has 1 aromatic carbocycles. The van der Waals surface area contributed by atoms with Crippen LogP contribution in [0.15, 0.2) is 54.1 Å². The largest absolute Gasteiger partial charge is 0.481 e. The summed E-state index contributed by atoms with van der Waals surface area (Å²) in [7, 11) is -3.94. The molecule has 2 aromatic rings. The van der Waals surface area contributed by atoms with E-state index in [2.05, 4.69) is 11.6 Å². The van der Waals surface area contributed by atoms with Crippen LogP contribution in [0.1, 0.15) is 30.5 Å². The van der Waals surface area contributed by atoms with Gasteiger partial charge in [0.2, 0.25) is 0 Å². The average molecular weight is 512 g/mol. The molecule has 1 aliphatic heterocycles. The molecule has 1 aliphatic rings. The van der Waals surface area contributed by atoms with Gasteiger partial charge in [-0.05, 0) is 56.2 Å². The molecule has 1 N–H and O–H groups in total. The van der Waals surface area contributed by atoms with Crippen LogP contribution < -0.4 is 4.90 Å². The van der Waals surface area contributed by atoms with Crippen LogP contribution in [-0.4, -0.2) is 59.9 Å². The van der Waals surface area contributed by atoms with Gasteiger partial charge in [0, 0.05) is 31.4 Å². The first-order chi connectivity index (χ1) is 16.3. The molecule has 3 atom stereocenters. The average Bonchev–Trinajstić information content (AvgIpc) is 2.76. The number of carboxylic acids is 1. The number of sulfone groups is 1. The van der Waals surface area contributed by atoms with E-state index in [9.17, 15) is 26.4 Å². The smallest absolute Gasteiger partial charge is 0.417 e. The Kier molecular flexibility index (Phi) is 7.61. The maximum absolute atomic E-state index is 13.6. The highest BCUT2D eigenvalue weighted by atomic mass is 32.2. The van der Waals surface area contributed by atoms with Crippen LogP contribution in [0.3, 0.4) is 0 Å². The molecule has 11 heteroatoms. The quantitative estimate of drug-likeness (QED) is 0.564. The van der Waals surface area contributed by atoms with Crippen LogP contribution in [0, 0.1) is 6.92 Å². The Morgan fingerprint density at radius 2 is 1.86 bits per heavy atom. The standard InChI is InChI=1S/C24H28F3N3O4S/c1-5-22(35(33,34)20-8-6-15(2)18(10-20)11-23(31)32)30-16(3)13-29(14-17(30)4)21-9-7-19(12-28-21)24(25,26)27/h5-10,12,16-17,22H,1,11,13-14H2,2-4H3,(H,31,32). The summed E-state index contributed by atoms with van der Waals surface area (Å²) in [5.41, 5.74) is 0.265.